The number of halogens is 2. The molecule has 0 aromatic heterocycles. The lowest BCUT2D eigenvalue weighted by Crippen LogP contribution is -2.41. The average Bonchev–Trinajstić information content (AvgIpc) is 2.58. The van der Waals surface area contributed by atoms with Crippen LogP contribution in [0.5, 0.6) is 5.75 Å². The van der Waals surface area contributed by atoms with E-state index in [0.29, 0.717) is 23.9 Å². The Bertz CT molecular complexity index is 756. The highest BCUT2D eigenvalue weighted by Gasteiger charge is 2.12. The first-order valence-electron chi connectivity index (χ1n) is 7.86. The van der Waals surface area contributed by atoms with Gasteiger partial charge in [-0.15, -0.1) is 0 Å². The van der Waals surface area contributed by atoms with Crippen LogP contribution in [-0.4, -0.2) is 43.6 Å². The normalized spacial score (nSPS) is 10.5. The maximum Gasteiger partial charge on any atom is 0.326 e. The number of hydrogen-bond donors (Lipinski definition) is 2. The summed E-state index contributed by atoms with van der Waals surface area (Å²) >= 11 is 5.79. The summed E-state index contributed by atoms with van der Waals surface area (Å²) in [7, 11) is 1.72. The van der Waals surface area contributed by atoms with Crippen molar-refractivity contribution < 1.29 is 18.7 Å². The van der Waals surface area contributed by atoms with Gasteiger partial charge in [-0.2, -0.15) is 0 Å². The molecule has 8 heteroatoms. The number of carbonyl (C=O) groups excluding carboxylic acids is 2. The zero-order chi connectivity index (χ0) is 18.9. The smallest absolute Gasteiger partial charge is 0.326 e. The summed E-state index contributed by atoms with van der Waals surface area (Å²) in [6.07, 6.45) is 0. The van der Waals surface area contributed by atoms with E-state index in [1.165, 1.54) is 18.2 Å². The predicted octanol–water partition coefficient (Wildman–Crippen LogP) is 3.14. The van der Waals surface area contributed by atoms with Crippen molar-refractivity contribution >= 4 is 29.2 Å². The van der Waals surface area contributed by atoms with Crippen LogP contribution in [0.2, 0.25) is 5.02 Å². The summed E-state index contributed by atoms with van der Waals surface area (Å²) in [6.45, 7) is 0.840. The average molecular weight is 380 g/mol. The number of nitrogens with one attached hydrogen (secondary N) is 2. The van der Waals surface area contributed by atoms with Gasteiger partial charge in [0.05, 0.1) is 12.2 Å². The number of hydrogen-bond acceptors (Lipinski definition) is 4. The maximum absolute atomic E-state index is 13.4. The fraction of sp³-hybridized carbons (Fsp3) is 0.222. The van der Waals surface area contributed by atoms with Gasteiger partial charge in [0.15, 0.2) is 0 Å². The second kappa shape index (κ2) is 9.74. The second-order valence-corrected chi connectivity index (χ2v) is 5.96. The molecule has 0 aliphatic carbocycles. The Balaban J connectivity index is 1.68. The number of imide groups is 1. The van der Waals surface area contributed by atoms with E-state index in [9.17, 15) is 14.0 Å². The number of ether oxygens (including phenoxy) is 1. The van der Waals surface area contributed by atoms with Crippen LogP contribution in [-0.2, 0) is 4.79 Å². The highest BCUT2D eigenvalue weighted by molar-refractivity contribution is 6.30. The molecule has 2 rings (SSSR count). The predicted molar refractivity (Wildman–Crippen MR) is 98.0 cm³/mol. The Morgan fingerprint density at radius 1 is 1.15 bits per heavy atom. The number of rotatable bonds is 7. The van der Waals surface area contributed by atoms with Gasteiger partial charge in [-0.25, -0.2) is 9.18 Å². The van der Waals surface area contributed by atoms with Crippen molar-refractivity contribution in [3.8, 4) is 5.75 Å². The largest absolute Gasteiger partial charge is 0.492 e. The Hall–Kier alpha value is -2.64. The van der Waals surface area contributed by atoms with E-state index in [2.05, 4.69) is 10.6 Å². The minimum absolute atomic E-state index is 0.00233. The Morgan fingerprint density at radius 2 is 1.85 bits per heavy atom. The van der Waals surface area contributed by atoms with E-state index >= 15 is 0 Å². The Labute approximate surface area is 155 Å². The van der Waals surface area contributed by atoms with E-state index in [1.807, 2.05) is 0 Å². The molecule has 0 heterocycles. The lowest BCUT2D eigenvalue weighted by molar-refractivity contribution is -0.120. The Kier molecular flexibility index (Phi) is 7.37. The van der Waals surface area contributed by atoms with Crippen molar-refractivity contribution in [2.75, 3.05) is 32.1 Å². The summed E-state index contributed by atoms with van der Waals surface area (Å²) < 4.78 is 19.0. The number of likely N-dealkylation sites (N-methyl/N-ethyl adjacent to an activating group) is 1. The molecule has 6 nitrogen and oxygen atoms in total. The van der Waals surface area contributed by atoms with E-state index in [0.717, 1.165) is 0 Å². The number of carbonyl (C=O) groups is 2. The highest BCUT2D eigenvalue weighted by Crippen LogP contribution is 2.15. The van der Waals surface area contributed by atoms with Gasteiger partial charge in [0.25, 0.3) is 0 Å². The summed E-state index contributed by atoms with van der Waals surface area (Å²) in [5.74, 6) is -0.407. The van der Waals surface area contributed by atoms with E-state index in [4.69, 9.17) is 16.3 Å². The first-order chi connectivity index (χ1) is 12.4. The van der Waals surface area contributed by atoms with E-state index in [-0.39, 0.29) is 12.2 Å². The summed E-state index contributed by atoms with van der Waals surface area (Å²) in [6, 6.07) is 11.9. The zero-order valence-electron chi connectivity index (χ0n) is 14.2. The van der Waals surface area contributed by atoms with Crippen molar-refractivity contribution in [1.82, 2.24) is 10.2 Å². The molecule has 0 spiro atoms. The van der Waals surface area contributed by atoms with Gasteiger partial charge in [-0.3, -0.25) is 15.0 Å². The summed E-state index contributed by atoms with van der Waals surface area (Å²) in [5.41, 5.74) is 0.00233. The molecule has 0 fully saturated rings. The molecule has 0 aliphatic rings. The minimum Gasteiger partial charge on any atom is -0.492 e. The highest BCUT2D eigenvalue weighted by atomic mass is 35.5. The van der Waals surface area contributed by atoms with Crippen molar-refractivity contribution in [3.63, 3.8) is 0 Å². The fourth-order valence-electron chi connectivity index (χ4n) is 2.06. The monoisotopic (exact) mass is 379 g/mol. The van der Waals surface area contributed by atoms with Crippen LogP contribution in [0.4, 0.5) is 14.9 Å². The molecule has 0 unspecified atom stereocenters. The van der Waals surface area contributed by atoms with Gasteiger partial charge in [0, 0.05) is 11.6 Å². The molecule has 138 valence electrons. The molecule has 26 heavy (non-hydrogen) atoms. The molecule has 2 aromatic rings. The lowest BCUT2D eigenvalue weighted by atomic mass is 10.3. The molecule has 0 radical (unpaired) electrons. The van der Waals surface area contributed by atoms with Crippen molar-refractivity contribution in [3.05, 3.63) is 59.4 Å². The minimum atomic E-state index is -0.786. The summed E-state index contributed by atoms with van der Waals surface area (Å²) in [4.78, 5) is 25.3. The first kappa shape index (κ1) is 19.7. The zero-order valence-corrected chi connectivity index (χ0v) is 14.9. The van der Waals surface area contributed by atoms with Crippen LogP contribution in [0.25, 0.3) is 0 Å². The van der Waals surface area contributed by atoms with Crippen molar-refractivity contribution in [2.24, 2.45) is 0 Å². The third-order valence-electron chi connectivity index (χ3n) is 3.34. The maximum atomic E-state index is 13.4. The van der Waals surface area contributed by atoms with Crippen LogP contribution in [0.1, 0.15) is 0 Å². The van der Waals surface area contributed by atoms with Gasteiger partial charge in [0.1, 0.15) is 18.2 Å². The van der Waals surface area contributed by atoms with Gasteiger partial charge < -0.3 is 10.1 Å². The van der Waals surface area contributed by atoms with Crippen LogP contribution in [0.3, 0.4) is 0 Å². The number of para-hydroxylation sites is 1. The first-order valence-corrected chi connectivity index (χ1v) is 8.24. The number of amides is 3. The van der Waals surface area contributed by atoms with Gasteiger partial charge in [0.2, 0.25) is 5.91 Å². The van der Waals surface area contributed by atoms with Crippen molar-refractivity contribution in [1.29, 1.82) is 0 Å². The number of urea groups is 1. The van der Waals surface area contributed by atoms with E-state index < -0.39 is 17.8 Å². The number of benzene rings is 2. The molecule has 0 saturated carbocycles. The molecule has 0 saturated heterocycles. The van der Waals surface area contributed by atoms with Gasteiger partial charge >= 0.3 is 6.03 Å². The molecule has 0 bridgehead atoms. The molecule has 0 atom stereocenters. The van der Waals surface area contributed by atoms with Gasteiger partial charge in [-0.1, -0.05) is 23.7 Å². The van der Waals surface area contributed by atoms with Crippen LogP contribution in [0, 0.1) is 5.82 Å². The van der Waals surface area contributed by atoms with Crippen LogP contribution < -0.4 is 15.4 Å². The van der Waals surface area contributed by atoms with Crippen LogP contribution in [0.15, 0.2) is 48.5 Å². The molecule has 2 N–H and O–H groups in total. The molecular formula is C18H19ClFN3O3. The van der Waals surface area contributed by atoms with Crippen molar-refractivity contribution in [2.45, 2.75) is 0 Å². The molecule has 2 aromatic carbocycles. The number of anilines is 1. The second-order valence-electron chi connectivity index (χ2n) is 5.52. The third-order valence-corrected chi connectivity index (χ3v) is 3.60. The third kappa shape index (κ3) is 6.70. The molecular weight excluding hydrogens is 361 g/mol. The fourth-order valence-corrected chi connectivity index (χ4v) is 2.18. The molecule has 3 amide bonds. The lowest BCUT2D eigenvalue weighted by Gasteiger charge is -2.16. The molecule has 0 aliphatic heterocycles. The van der Waals surface area contributed by atoms with E-state index in [1.54, 1.807) is 42.3 Å². The summed E-state index contributed by atoms with van der Waals surface area (Å²) in [5, 5.41) is 5.06. The van der Waals surface area contributed by atoms with Gasteiger partial charge in [-0.05, 0) is 43.4 Å². The Morgan fingerprint density at radius 3 is 2.54 bits per heavy atom. The SMILES string of the molecule is CN(CCOc1ccc(Cl)cc1)CC(=O)NC(=O)Nc1ccccc1F. The van der Waals surface area contributed by atoms with Crippen LogP contribution >= 0.6 is 11.6 Å². The standard InChI is InChI=1S/C18H19ClFN3O3/c1-23(10-11-26-14-8-6-13(19)7-9-14)12-17(24)22-18(25)21-16-5-3-2-4-15(16)20/h2-9H,10-12H2,1H3,(H2,21,22,24,25). The number of nitrogens with zero attached hydrogens (tertiary/aromatic N) is 1. The topological polar surface area (TPSA) is 70.7 Å². The quantitative estimate of drug-likeness (QED) is 0.775.